The highest BCUT2D eigenvalue weighted by atomic mass is 79.9. The monoisotopic (exact) mass is 370 g/mol. The maximum Gasteiger partial charge on any atom is 0.335 e. The minimum atomic E-state index is -0.828. The lowest BCUT2D eigenvalue weighted by atomic mass is 10.1. The summed E-state index contributed by atoms with van der Waals surface area (Å²) in [5.74, 6) is -0.346. The molecule has 0 saturated heterocycles. The lowest BCUT2D eigenvalue weighted by molar-refractivity contribution is -0.386. The first-order valence-electron chi connectivity index (χ1n) is 5.71. The lowest BCUT2D eigenvalue weighted by Crippen LogP contribution is -2.25. The minimum Gasteiger partial charge on any atom is -0.301 e. The third-order valence-corrected chi connectivity index (χ3v) is 3.40. The molecule has 2 rings (SSSR count). The zero-order valence-electron chi connectivity index (χ0n) is 10.5. The second kappa shape index (κ2) is 6.19. The molecule has 0 N–H and O–H groups in total. The fourth-order valence-corrected chi connectivity index (χ4v) is 2.30. The van der Waals surface area contributed by atoms with Crippen LogP contribution in [0.15, 0.2) is 45.8 Å². The van der Waals surface area contributed by atoms with Gasteiger partial charge in [-0.25, -0.2) is 0 Å². The maximum absolute atomic E-state index is 12.1. The molecule has 0 amide bonds. The van der Waals surface area contributed by atoms with E-state index in [0.717, 1.165) is 10.6 Å². The summed E-state index contributed by atoms with van der Waals surface area (Å²) in [7, 11) is 0. The van der Waals surface area contributed by atoms with Crippen molar-refractivity contribution in [2.24, 2.45) is 0 Å². The van der Waals surface area contributed by atoms with Gasteiger partial charge in [-0.2, -0.15) is 0 Å². The summed E-state index contributed by atoms with van der Waals surface area (Å²) >= 11 is 8.81. The van der Waals surface area contributed by atoms with E-state index in [9.17, 15) is 19.7 Å². The van der Waals surface area contributed by atoms with Gasteiger partial charge in [-0.1, -0.05) is 11.6 Å². The summed E-state index contributed by atoms with van der Waals surface area (Å²) < 4.78 is 1.34. The fourth-order valence-electron chi connectivity index (χ4n) is 1.71. The number of benzene rings is 1. The van der Waals surface area contributed by atoms with Gasteiger partial charge in [0.2, 0.25) is 0 Å². The average Bonchev–Trinajstić information content (AvgIpc) is 2.42. The summed E-state index contributed by atoms with van der Waals surface area (Å²) in [6.07, 6.45) is 1.34. The van der Waals surface area contributed by atoms with Crippen LogP contribution in [0.4, 0.5) is 5.69 Å². The molecular weight excluding hydrogens is 364 g/mol. The number of hydrogen-bond donors (Lipinski definition) is 0. The molecule has 0 aliphatic heterocycles. The first-order chi connectivity index (χ1) is 9.88. The Hall–Kier alpha value is -1.99. The smallest absolute Gasteiger partial charge is 0.301 e. The first kappa shape index (κ1) is 15.4. The van der Waals surface area contributed by atoms with Crippen LogP contribution in [0.1, 0.15) is 10.4 Å². The van der Waals surface area contributed by atoms with E-state index >= 15 is 0 Å². The summed E-state index contributed by atoms with van der Waals surface area (Å²) in [6.45, 7) is -0.291. The predicted octanol–water partition coefficient (Wildman–Crippen LogP) is 3.06. The molecule has 0 unspecified atom stereocenters. The number of Topliss-reactive ketones (excluding diaryl/α,β-unsaturated/α-hetero) is 1. The Bertz CT molecular complexity index is 771. The second-order valence-corrected chi connectivity index (χ2v) is 5.52. The van der Waals surface area contributed by atoms with Crippen LogP contribution in [0.3, 0.4) is 0 Å². The summed E-state index contributed by atoms with van der Waals surface area (Å²) in [5, 5.41) is 11.3. The van der Waals surface area contributed by atoms with Gasteiger partial charge >= 0.3 is 11.2 Å². The summed E-state index contributed by atoms with van der Waals surface area (Å²) in [5.41, 5.74) is -1.05. The van der Waals surface area contributed by atoms with Gasteiger partial charge in [0.1, 0.15) is 0 Å². The molecule has 8 heteroatoms. The van der Waals surface area contributed by atoms with E-state index in [0.29, 0.717) is 15.1 Å². The van der Waals surface area contributed by atoms with Crippen LogP contribution >= 0.6 is 27.5 Å². The molecule has 2 aromatic rings. The van der Waals surface area contributed by atoms with Crippen molar-refractivity contribution in [2.75, 3.05) is 0 Å². The van der Waals surface area contributed by atoms with Crippen LogP contribution in [0.5, 0.6) is 0 Å². The third-order valence-electron chi connectivity index (χ3n) is 2.71. The SMILES string of the molecule is O=C(Cn1cc(Br)cc([N+](=O)[O-])c1=O)c1ccc(Cl)cc1. The van der Waals surface area contributed by atoms with Crippen LogP contribution in [0.2, 0.25) is 5.02 Å². The van der Waals surface area contributed by atoms with Crippen molar-refractivity contribution < 1.29 is 9.72 Å². The van der Waals surface area contributed by atoms with Crippen molar-refractivity contribution in [3.63, 3.8) is 0 Å². The van der Waals surface area contributed by atoms with Gasteiger partial charge in [0.05, 0.1) is 11.5 Å². The molecule has 108 valence electrons. The molecule has 6 nitrogen and oxygen atoms in total. The molecule has 0 saturated carbocycles. The zero-order valence-corrected chi connectivity index (χ0v) is 12.8. The second-order valence-electron chi connectivity index (χ2n) is 4.16. The first-order valence-corrected chi connectivity index (χ1v) is 6.88. The maximum atomic E-state index is 12.1. The zero-order chi connectivity index (χ0) is 15.6. The average molecular weight is 372 g/mol. The van der Waals surface area contributed by atoms with E-state index in [1.165, 1.54) is 18.3 Å². The molecule has 0 fully saturated rings. The Morgan fingerprint density at radius 1 is 1.33 bits per heavy atom. The van der Waals surface area contributed by atoms with Gasteiger partial charge in [-0.3, -0.25) is 19.7 Å². The van der Waals surface area contributed by atoms with Gasteiger partial charge in [0, 0.05) is 27.3 Å². The van der Waals surface area contributed by atoms with Crippen LogP contribution in [-0.4, -0.2) is 15.3 Å². The quantitative estimate of drug-likeness (QED) is 0.470. The molecule has 1 aromatic heterocycles. The number of nitrogens with zero attached hydrogens (tertiary/aromatic N) is 2. The molecule has 1 heterocycles. The largest absolute Gasteiger partial charge is 0.335 e. The predicted molar refractivity (Wildman–Crippen MR) is 80.8 cm³/mol. The summed E-state index contributed by atoms with van der Waals surface area (Å²) in [6, 6.07) is 7.28. The molecule has 0 spiro atoms. The van der Waals surface area contributed by atoms with Gasteiger partial charge in [-0.15, -0.1) is 0 Å². The van der Waals surface area contributed by atoms with E-state index in [4.69, 9.17) is 11.6 Å². The van der Waals surface area contributed by atoms with Gasteiger partial charge in [0.15, 0.2) is 5.78 Å². The number of halogens is 2. The van der Waals surface area contributed by atoms with Crippen molar-refractivity contribution >= 4 is 39.0 Å². The van der Waals surface area contributed by atoms with E-state index < -0.39 is 16.2 Å². The lowest BCUT2D eigenvalue weighted by Gasteiger charge is -2.06. The van der Waals surface area contributed by atoms with Crippen molar-refractivity contribution in [2.45, 2.75) is 6.54 Å². The van der Waals surface area contributed by atoms with Crippen molar-refractivity contribution in [1.29, 1.82) is 0 Å². The molecule has 0 bridgehead atoms. The molecule has 0 radical (unpaired) electrons. The minimum absolute atomic E-state index is 0.291. The number of carbonyl (C=O) groups excluding carboxylic acids is 1. The summed E-state index contributed by atoms with van der Waals surface area (Å²) in [4.78, 5) is 34.0. The van der Waals surface area contributed by atoms with Crippen LogP contribution in [0, 0.1) is 10.1 Å². The van der Waals surface area contributed by atoms with Crippen molar-refractivity contribution in [1.82, 2.24) is 4.57 Å². The third kappa shape index (κ3) is 3.56. The molecule has 21 heavy (non-hydrogen) atoms. The van der Waals surface area contributed by atoms with E-state index in [1.54, 1.807) is 12.1 Å². The number of carbonyl (C=O) groups is 1. The highest BCUT2D eigenvalue weighted by Crippen LogP contribution is 2.15. The number of hydrogen-bond acceptors (Lipinski definition) is 4. The van der Waals surface area contributed by atoms with E-state index in [2.05, 4.69) is 15.9 Å². The van der Waals surface area contributed by atoms with Crippen molar-refractivity contribution in [3.05, 3.63) is 72.1 Å². The highest BCUT2D eigenvalue weighted by Gasteiger charge is 2.17. The number of nitro groups is 1. The number of aromatic nitrogens is 1. The molecular formula is C13H8BrClN2O4. The van der Waals surface area contributed by atoms with Gasteiger partial charge < -0.3 is 4.57 Å². The van der Waals surface area contributed by atoms with Crippen molar-refractivity contribution in [3.8, 4) is 0 Å². The van der Waals surface area contributed by atoms with Crippen LogP contribution < -0.4 is 5.56 Å². The van der Waals surface area contributed by atoms with Crippen LogP contribution in [-0.2, 0) is 6.54 Å². The molecule has 0 atom stereocenters. The van der Waals surface area contributed by atoms with Crippen LogP contribution in [0.25, 0.3) is 0 Å². The molecule has 1 aromatic carbocycles. The van der Waals surface area contributed by atoms with E-state index in [-0.39, 0.29) is 12.3 Å². The fraction of sp³-hybridized carbons (Fsp3) is 0.0769. The highest BCUT2D eigenvalue weighted by molar-refractivity contribution is 9.10. The standard InChI is InChI=1S/C13H8BrClN2O4/c14-9-5-11(17(20)21)13(19)16(6-9)7-12(18)8-1-3-10(15)4-2-8/h1-6H,7H2. The van der Waals surface area contributed by atoms with Gasteiger partial charge in [-0.05, 0) is 40.2 Å². The Morgan fingerprint density at radius 3 is 2.52 bits per heavy atom. The van der Waals surface area contributed by atoms with Gasteiger partial charge in [0.25, 0.3) is 0 Å². The number of ketones is 1. The Balaban J connectivity index is 2.35. The number of rotatable bonds is 4. The normalized spacial score (nSPS) is 10.4. The molecule has 0 aliphatic rings. The Labute approximate surface area is 132 Å². The Morgan fingerprint density at radius 2 is 1.95 bits per heavy atom. The van der Waals surface area contributed by atoms with E-state index in [1.807, 2.05) is 0 Å². The Kier molecular flexibility index (Phi) is 4.54. The topological polar surface area (TPSA) is 82.2 Å². The number of pyridine rings is 1. The molecule has 0 aliphatic carbocycles.